The smallest absolute Gasteiger partial charge is 0.335 e. The number of hydrogen-bond acceptors (Lipinski definition) is 3. The number of aromatic carboxylic acids is 1. The van der Waals surface area contributed by atoms with Gasteiger partial charge in [0, 0.05) is 24.7 Å². The first-order valence-corrected chi connectivity index (χ1v) is 6.94. The van der Waals surface area contributed by atoms with Gasteiger partial charge in [0.2, 0.25) is 5.91 Å². The van der Waals surface area contributed by atoms with Gasteiger partial charge in [0.15, 0.2) is 0 Å². The molecule has 6 heteroatoms. The van der Waals surface area contributed by atoms with Crippen LogP contribution in [0.4, 0.5) is 5.69 Å². The zero-order valence-corrected chi connectivity index (χ0v) is 12.5. The standard InChI is InChI=1S/C17H16N2O4/c1-11(20)19-15-4-2-3-14(9-15)16(21)18-10-12-5-7-13(8-6-12)17(22)23/h2-9H,10H2,1H3,(H,18,21)(H,19,20)(H,22,23). The molecule has 0 spiro atoms. The Kier molecular flexibility index (Phi) is 5.09. The van der Waals surface area contributed by atoms with Gasteiger partial charge in [-0.25, -0.2) is 4.79 Å². The Morgan fingerprint density at radius 3 is 2.30 bits per heavy atom. The van der Waals surface area contributed by atoms with Crippen LogP contribution in [0.15, 0.2) is 48.5 Å². The number of carboxylic acid groups (broad SMARTS) is 1. The van der Waals surface area contributed by atoms with Crippen LogP contribution in [-0.4, -0.2) is 22.9 Å². The van der Waals surface area contributed by atoms with Crippen LogP contribution in [-0.2, 0) is 11.3 Å². The largest absolute Gasteiger partial charge is 0.478 e. The van der Waals surface area contributed by atoms with Gasteiger partial charge in [-0.1, -0.05) is 18.2 Å². The molecule has 0 unspecified atom stereocenters. The molecule has 0 atom stereocenters. The van der Waals surface area contributed by atoms with Gasteiger partial charge in [-0.3, -0.25) is 9.59 Å². The summed E-state index contributed by atoms with van der Waals surface area (Å²) in [6.07, 6.45) is 0. The molecule has 0 aromatic heterocycles. The molecule has 118 valence electrons. The Morgan fingerprint density at radius 2 is 1.70 bits per heavy atom. The van der Waals surface area contributed by atoms with Crippen molar-refractivity contribution >= 4 is 23.5 Å². The fourth-order valence-electron chi connectivity index (χ4n) is 1.99. The summed E-state index contributed by atoms with van der Waals surface area (Å²) in [5, 5.41) is 14.2. The van der Waals surface area contributed by atoms with E-state index in [0.29, 0.717) is 11.3 Å². The number of hydrogen-bond donors (Lipinski definition) is 3. The number of rotatable bonds is 5. The lowest BCUT2D eigenvalue weighted by Gasteiger charge is -2.08. The zero-order chi connectivity index (χ0) is 16.8. The molecule has 2 amide bonds. The molecule has 0 aliphatic heterocycles. The van der Waals surface area contributed by atoms with Crippen molar-refractivity contribution in [3.63, 3.8) is 0 Å². The quantitative estimate of drug-likeness (QED) is 0.789. The number of anilines is 1. The van der Waals surface area contributed by atoms with Crippen LogP contribution in [0.2, 0.25) is 0 Å². The summed E-state index contributed by atoms with van der Waals surface area (Å²) in [5.74, 6) is -1.48. The first-order valence-electron chi connectivity index (χ1n) is 6.94. The second-order valence-electron chi connectivity index (χ2n) is 4.95. The molecule has 0 saturated carbocycles. The fourth-order valence-corrected chi connectivity index (χ4v) is 1.99. The van der Waals surface area contributed by atoms with Crippen LogP contribution in [0.5, 0.6) is 0 Å². The highest BCUT2D eigenvalue weighted by molar-refractivity contribution is 5.96. The third-order valence-electron chi connectivity index (χ3n) is 3.10. The number of amides is 2. The van der Waals surface area contributed by atoms with E-state index in [9.17, 15) is 14.4 Å². The van der Waals surface area contributed by atoms with Gasteiger partial charge in [0.1, 0.15) is 0 Å². The Balaban J connectivity index is 1.99. The predicted octanol–water partition coefficient (Wildman–Crippen LogP) is 2.27. The van der Waals surface area contributed by atoms with Gasteiger partial charge >= 0.3 is 5.97 Å². The zero-order valence-electron chi connectivity index (χ0n) is 12.5. The monoisotopic (exact) mass is 312 g/mol. The van der Waals surface area contributed by atoms with Gasteiger partial charge in [-0.05, 0) is 35.9 Å². The third kappa shape index (κ3) is 4.67. The minimum Gasteiger partial charge on any atom is -0.478 e. The summed E-state index contributed by atoms with van der Waals surface area (Å²) in [7, 11) is 0. The van der Waals surface area contributed by atoms with Crippen molar-refractivity contribution in [2.75, 3.05) is 5.32 Å². The van der Waals surface area contributed by atoms with Crippen LogP contribution in [0.3, 0.4) is 0 Å². The van der Waals surface area contributed by atoms with E-state index in [1.54, 1.807) is 36.4 Å². The summed E-state index contributed by atoms with van der Waals surface area (Å²) in [5.41, 5.74) is 1.97. The average Bonchev–Trinajstić information content (AvgIpc) is 2.52. The number of benzene rings is 2. The molecule has 23 heavy (non-hydrogen) atoms. The number of carbonyl (C=O) groups excluding carboxylic acids is 2. The van der Waals surface area contributed by atoms with E-state index in [0.717, 1.165) is 5.56 Å². The van der Waals surface area contributed by atoms with Crippen molar-refractivity contribution in [2.45, 2.75) is 13.5 Å². The van der Waals surface area contributed by atoms with E-state index < -0.39 is 5.97 Å². The number of nitrogens with one attached hydrogen (secondary N) is 2. The Labute approximate surface area is 133 Å². The summed E-state index contributed by atoms with van der Waals surface area (Å²) >= 11 is 0. The van der Waals surface area contributed by atoms with Crippen LogP contribution < -0.4 is 10.6 Å². The van der Waals surface area contributed by atoms with Crippen molar-refractivity contribution in [3.05, 3.63) is 65.2 Å². The maximum Gasteiger partial charge on any atom is 0.335 e. The van der Waals surface area contributed by atoms with Crippen molar-refractivity contribution in [2.24, 2.45) is 0 Å². The molecule has 2 rings (SSSR count). The van der Waals surface area contributed by atoms with Crippen molar-refractivity contribution in [3.8, 4) is 0 Å². The van der Waals surface area contributed by atoms with Crippen molar-refractivity contribution in [1.82, 2.24) is 5.32 Å². The van der Waals surface area contributed by atoms with Crippen molar-refractivity contribution < 1.29 is 19.5 Å². The Hall–Kier alpha value is -3.15. The van der Waals surface area contributed by atoms with Crippen molar-refractivity contribution in [1.29, 1.82) is 0 Å². The molecule has 2 aromatic carbocycles. The lowest BCUT2D eigenvalue weighted by Crippen LogP contribution is -2.23. The van der Waals surface area contributed by atoms with Gasteiger partial charge in [-0.2, -0.15) is 0 Å². The Bertz CT molecular complexity index is 739. The Morgan fingerprint density at radius 1 is 1.00 bits per heavy atom. The molecular weight excluding hydrogens is 296 g/mol. The van der Waals surface area contributed by atoms with Gasteiger partial charge < -0.3 is 15.7 Å². The first kappa shape index (κ1) is 16.2. The topological polar surface area (TPSA) is 95.5 Å². The highest BCUT2D eigenvalue weighted by Crippen LogP contribution is 2.11. The van der Waals surface area contributed by atoms with Gasteiger partial charge in [0.05, 0.1) is 5.56 Å². The van der Waals surface area contributed by atoms with Crippen LogP contribution >= 0.6 is 0 Å². The van der Waals surface area contributed by atoms with Crippen LogP contribution in [0.25, 0.3) is 0 Å². The van der Waals surface area contributed by atoms with E-state index in [1.165, 1.54) is 19.1 Å². The molecule has 0 radical (unpaired) electrons. The maximum absolute atomic E-state index is 12.1. The molecule has 0 aliphatic rings. The second-order valence-corrected chi connectivity index (χ2v) is 4.95. The number of carbonyl (C=O) groups is 3. The summed E-state index contributed by atoms with van der Waals surface area (Å²) < 4.78 is 0. The lowest BCUT2D eigenvalue weighted by atomic mass is 10.1. The van der Waals surface area contributed by atoms with Gasteiger partial charge in [-0.15, -0.1) is 0 Å². The molecule has 0 bridgehead atoms. The molecule has 3 N–H and O–H groups in total. The van der Waals surface area contributed by atoms with E-state index in [4.69, 9.17) is 5.11 Å². The molecule has 2 aromatic rings. The van der Waals surface area contributed by atoms with Gasteiger partial charge in [0.25, 0.3) is 5.91 Å². The van der Waals surface area contributed by atoms with E-state index in [2.05, 4.69) is 10.6 Å². The van der Waals surface area contributed by atoms with Crippen LogP contribution in [0.1, 0.15) is 33.2 Å². The lowest BCUT2D eigenvalue weighted by molar-refractivity contribution is -0.114. The summed E-state index contributed by atoms with van der Waals surface area (Å²) in [4.78, 5) is 33.9. The minimum atomic E-state index is -0.990. The van der Waals surface area contributed by atoms with E-state index in [-0.39, 0.29) is 23.9 Å². The molecular formula is C17H16N2O4. The normalized spacial score (nSPS) is 9.96. The second kappa shape index (κ2) is 7.22. The fraction of sp³-hybridized carbons (Fsp3) is 0.118. The third-order valence-corrected chi connectivity index (χ3v) is 3.10. The average molecular weight is 312 g/mol. The van der Waals surface area contributed by atoms with Crippen LogP contribution in [0, 0.1) is 0 Å². The maximum atomic E-state index is 12.1. The number of carboxylic acids is 1. The highest BCUT2D eigenvalue weighted by atomic mass is 16.4. The first-order chi connectivity index (χ1) is 11.0. The highest BCUT2D eigenvalue weighted by Gasteiger charge is 2.07. The molecule has 0 heterocycles. The summed E-state index contributed by atoms with van der Waals surface area (Å²) in [6, 6.07) is 12.9. The minimum absolute atomic E-state index is 0.197. The SMILES string of the molecule is CC(=O)Nc1cccc(C(=O)NCc2ccc(C(=O)O)cc2)c1. The van der Waals surface area contributed by atoms with E-state index in [1.807, 2.05) is 0 Å². The predicted molar refractivity (Wildman–Crippen MR) is 85.3 cm³/mol. The summed E-state index contributed by atoms with van der Waals surface area (Å²) in [6.45, 7) is 1.68. The van der Waals surface area contributed by atoms with E-state index >= 15 is 0 Å². The molecule has 0 aliphatic carbocycles. The molecule has 0 fully saturated rings. The molecule has 0 saturated heterocycles. The molecule has 6 nitrogen and oxygen atoms in total.